The molecular formula is C15H23N3. The van der Waals surface area contributed by atoms with Gasteiger partial charge in [0.05, 0.1) is 6.54 Å². The Bertz CT molecular complexity index is 449. The van der Waals surface area contributed by atoms with Crippen molar-refractivity contribution in [1.82, 2.24) is 10.6 Å². The van der Waals surface area contributed by atoms with Crippen molar-refractivity contribution in [2.45, 2.75) is 39.2 Å². The van der Waals surface area contributed by atoms with Crippen molar-refractivity contribution < 1.29 is 0 Å². The third-order valence-electron chi connectivity index (χ3n) is 3.48. The second kappa shape index (κ2) is 5.01. The van der Waals surface area contributed by atoms with E-state index in [0.29, 0.717) is 6.04 Å². The van der Waals surface area contributed by atoms with Gasteiger partial charge in [0.2, 0.25) is 0 Å². The summed E-state index contributed by atoms with van der Waals surface area (Å²) in [6.45, 7) is 10.6. The minimum atomic E-state index is 0.0986. The van der Waals surface area contributed by atoms with E-state index < -0.39 is 0 Å². The van der Waals surface area contributed by atoms with Gasteiger partial charge in [-0.05, 0) is 25.0 Å². The number of nitrogens with zero attached hydrogens (tertiary/aromatic N) is 1. The Morgan fingerprint density at radius 3 is 2.72 bits per heavy atom. The lowest BCUT2D eigenvalue weighted by Gasteiger charge is -2.28. The van der Waals surface area contributed by atoms with Crippen LogP contribution in [0.2, 0.25) is 0 Å². The Balaban J connectivity index is 2.02. The van der Waals surface area contributed by atoms with Gasteiger partial charge in [0.25, 0.3) is 0 Å². The van der Waals surface area contributed by atoms with Crippen molar-refractivity contribution in [3.63, 3.8) is 0 Å². The SMILES string of the molecule is Cc1ccccc1C(C)(C)CNC1=NCC(C)N1. The zero-order valence-corrected chi connectivity index (χ0v) is 11.7. The Morgan fingerprint density at radius 1 is 1.39 bits per heavy atom. The van der Waals surface area contributed by atoms with E-state index in [-0.39, 0.29) is 5.41 Å². The van der Waals surface area contributed by atoms with Crippen molar-refractivity contribution in [1.29, 1.82) is 0 Å². The number of hydrogen-bond donors (Lipinski definition) is 2. The van der Waals surface area contributed by atoms with Gasteiger partial charge in [0.1, 0.15) is 0 Å². The van der Waals surface area contributed by atoms with Crippen LogP contribution in [0.5, 0.6) is 0 Å². The van der Waals surface area contributed by atoms with Crippen LogP contribution in [0.15, 0.2) is 29.3 Å². The predicted molar refractivity (Wildman–Crippen MR) is 77.1 cm³/mol. The zero-order chi connectivity index (χ0) is 13.2. The quantitative estimate of drug-likeness (QED) is 0.856. The molecule has 1 aliphatic rings. The molecule has 98 valence electrons. The Hall–Kier alpha value is -1.51. The van der Waals surface area contributed by atoms with Crippen molar-refractivity contribution in [3.8, 4) is 0 Å². The molecule has 3 heteroatoms. The van der Waals surface area contributed by atoms with Crippen LogP contribution in [0.3, 0.4) is 0 Å². The Labute approximate surface area is 110 Å². The summed E-state index contributed by atoms with van der Waals surface area (Å²) < 4.78 is 0. The lowest BCUT2D eigenvalue weighted by Crippen LogP contribution is -2.43. The van der Waals surface area contributed by atoms with Crippen LogP contribution in [0.25, 0.3) is 0 Å². The summed E-state index contributed by atoms with van der Waals surface area (Å²) in [5, 5.41) is 6.75. The molecule has 1 atom stereocenters. The summed E-state index contributed by atoms with van der Waals surface area (Å²) in [5.41, 5.74) is 2.84. The van der Waals surface area contributed by atoms with Crippen LogP contribution in [0, 0.1) is 6.92 Å². The molecule has 0 amide bonds. The fraction of sp³-hybridized carbons (Fsp3) is 0.533. The smallest absolute Gasteiger partial charge is 0.191 e. The second-order valence-corrected chi connectivity index (χ2v) is 5.79. The molecule has 0 saturated carbocycles. The van der Waals surface area contributed by atoms with Crippen molar-refractivity contribution >= 4 is 5.96 Å². The average molecular weight is 245 g/mol. The van der Waals surface area contributed by atoms with Crippen molar-refractivity contribution in [3.05, 3.63) is 35.4 Å². The van der Waals surface area contributed by atoms with Crippen LogP contribution in [-0.2, 0) is 5.41 Å². The summed E-state index contributed by atoms with van der Waals surface area (Å²) in [6, 6.07) is 9.03. The minimum absolute atomic E-state index is 0.0986. The molecule has 1 aliphatic heterocycles. The van der Waals surface area contributed by atoms with Crippen molar-refractivity contribution in [2.75, 3.05) is 13.1 Å². The second-order valence-electron chi connectivity index (χ2n) is 5.79. The summed E-state index contributed by atoms with van der Waals surface area (Å²) >= 11 is 0. The highest BCUT2D eigenvalue weighted by Gasteiger charge is 2.23. The molecule has 1 aromatic carbocycles. The lowest BCUT2D eigenvalue weighted by atomic mass is 9.82. The van der Waals surface area contributed by atoms with E-state index in [9.17, 15) is 0 Å². The molecule has 0 radical (unpaired) electrons. The maximum absolute atomic E-state index is 4.43. The van der Waals surface area contributed by atoms with E-state index in [4.69, 9.17) is 0 Å². The Kier molecular flexibility index (Phi) is 3.60. The molecule has 0 spiro atoms. The third-order valence-corrected chi connectivity index (χ3v) is 3.48. The van der Waals surface area contributed by atoms with Gasteiger partial charge in [-0.2, -0.15) is 0 Å². The van der Waals surface area contributed by atoms with Gasteiger partial charge in [-0.1, -0.05) is 38.1 Å². The molecule has 1 aromatic rings. The van der Waals surface area contributed by atoms with Gasteiger partial charge in [-0.15, -0.1) is 0 Å². The molecule has 0 saturated heterocycles. The van der Waals surface area contributed by atoms with E-state index in [1.165, 1.54) is 11.1 Å². The molecule has 1 unspecified atom stereocenters. The predicted octanol–water partition coefficient (Wildman–Crippen LogP) is 2.21. The highest BCUT2D eigenvalue weighted by atomic mass is 15.2. The normalized spacial score (nSPS) is 19.3. The van der Waals surface area contributed by atoms with E-state index >= 15 is 0 Å². The number of aliphatic imine (C=N–C) groups is 1. The summed E-state index contributed by atoms with van der Waals surface area (Å²) in [7, 11) is 0. The first-order chi connectivity index (χ1) is 8.49. The number of guanidine groups is 1. The highest BCUT2D eigenvalue weighted by Crippen LogP contribution is 2.25. The topological polar surface area (TPSA) is 36.4 Å². The number of rotatable bonds is 3. The summed E-state index contributed by atoms with van der Waals surface area (Å²) in [4.78, 5) is 4.43. The first-order valence-electron chi connectivity index (χ1n) is 6.60. The van der Waals surface area contributed by atoms with Crippen LogP contribution < -0.4 is 10.6 Å². The number of aryl methyl sites for hydroxylation is 1. The molecule has 0 fully saturated rings. The molecule has 3 nitrogen and oxygen atoms in total. The molecule has 2 N–H and O–H groups in total. The average Bonchev–Trinajstić information content (AvgIpc) is 2.73. The van der Waals surface area contributed by atoms with Gasteiger partial charge in [-0.25, -0.2) is 0 Å². The van der Waals surface area contributed by atoms with Gasteiger partial charge in [0.15, 0.2) is 5.96 Å². The van der Waals surface area contributed by atoms with E-state index in [1.807, 2.05) is 0 Å². The maximum Gasteiger partial charge on any atom is 0.191 e. The molecule has 0 aliphatic carbocycles. The van der Waals surface area contributed by atoms with Gasteiger partial charge >= 0.3 is 0 Å². The summed E-state index contributed by atoms with van der Waals surface area (Å²) in [6.07, 6.45) is 0. The van der Waals surface area contributed by atoms with Crippen LogP contribution in [0.1, 0.15) is 31.9 Å². The maximum atomic E-state index is 4.43. The lowest BCUT2D eigenvalue weighted by molar-refractivity contribution is 0.506. The van der Waals surface area contributed by atoms with Crippen molar-refractivity contribution in [2.24, 2.45) is 4.99 Å². The summed E-state index contributed by atoms with van der Waals surface area (Å²) in [5.74, 6) is 0.934. The largest absolute Gasteiger partial charge is 0.356 e. The van der Waals surface area contributed by atoms with Gasteiger partial charge in [-0.3, -0.25) is 4.99 Å². The first-order valence-corrected chi connectivity index (χ1v) is 6.60. The molecule has 1 heterocycles. The Morgan fingerprint density at radius 2 is 2.11 bits per heavy atom. The number of hydrogen-bond acceptors (Lipinski definition) is 3. The molecule has 0 aromatic heterocycles. The van der Waals surface area contributed by atoms with Crippen LogP contribution in [-0.4, -0.2) is 25.1 Å². The number of nitrogens with one attached hydrogen (secondary N) is 2. The fourth-order valence-corrected chi connectivity index (χ4v) is 2.39. The monoisotopic (exact) mass is 245 g/mol. The van der Waals surface area contributed by atoms with E-state index in [2.05, 4.69) is 67.6 Å². The molecule has 0 bridgehead atoms. The minimum Gasteiger partial charge on any atom is -0.356 e. The first kappa shape index (κ1) is 12.9. The van der Waals surface area contributed by atoms with Crippen LogP contribution in [0.4, 0.5) is 0 Å². The van der Waals surface area contributed by atoms with Gasteiger partial charge < -0.3 is 10.6 Å². The molecule has 2 rings (SSSR count). The fourth-order valence-electron chi connectivity index (χ4n) is 2.39. The number of benzene rings is 1. The molecular weight excluding hydrogens is 222 g/mol. The van der Waals surface area contributed by atoms with E-state index in [0.717, 1.165) is 19.0 Å². The standard InChI is InChI=1S/C15H23N3/c1-11-7-5-6-8-13(11)15(3,4)10-17-14-16-9-12(2)18-14/h5-8,12H,9-10H2,1-4H3,(H2,16,17,18). The third kappa shape index (κ3) is 2.84. The van der Waals surface area contributed by atoms with Crippen LogP contribution >= 0.6 is 0 Å². The van der Waals surface area contributed by atoms with Gasteiger partial charge in [0, 0.05) is 18.0 Å². The highest BCUT2D eigenvalue weighted by molar-refractivity contribution is 5.81. The van der Waals surface area contributed by atoms with E-state index in [1.54, 1.807) is 0 Å². The zero-order valence-electron chi connectivity index (χ0n) is 11.7. The molecule has 18 heavy (non-hydrogen) atoms.